The highest BCUT2D eigenvalue weighted by molar-refractivity contribution is 5.99. The lowest BCUT2D eigenvalue weighted by atomic mass is 10.1. The van der Waals surface area contributed by atoms with E-state index >= 15 is 0 Å². The zero-order valence-electron chi connectivity index (χ0n) is 15.6. The van der Waals surface area contributed by atoms with Crippen molar-refractivity contribution in [1.82, 2.24) is 4.98 Å². The summed E-state index contributed by atoms with van der Waals surface area (Å²) >= 11 is 0. The lowest BCUT2D eigenvalue weighted by Gasteiger charge is -2.10. The minimum Gasteiger partial charge on any atom is -0.505 e. The lowest BCUT2D eigenvalue weighted by Crippen LogP contribution is -2.08. The number of esters is 1. The number of halogens is 1. The number of hydrogen-bond donors (Lipinski definition) is 1. The topological polar surface area (TPSA) is 77.9 Å². The Kier molecular flexibility index (Phi) is 5.93. The van der Waals surface area contributed by atoms with Gasteiger partial charge in [0.2, 0.25) is 0 Å². The highest BCUT2D eigenvalue weighted by Gasteiger charge is 2.17. The van der Waals surface area contributed by atoms with Crippen molar-refractivity contribution in [2.75, 3.05) is 13.7 Å². The number of methoxy groups -OCH3 is 1. The number of carbonyl (C=O) groups is 1. The molecular formula is C21H20FNO5. The fourth-order valence-electron chi connectivity index (χ4n) is 2.63. The van der Waals surface area contributed by atoms with Gasteiger partial charge in [0.05, 0.1) is 13.7 Å². The second-order valence-corrected chi connectivity index (χ2v) is 6.12. The van der Waals surface area contributed by atoms with Crippen molar-refractivity contribution in [1.29, 1.82) is 0 Å². The standard InChI is InChI=1S/C21H20FNO5/c1-3-4-7-27-21(25)19-20(24)18-6-5-15(8-13(18)12-23-19)28-17-10-14(22)9-16(11-17)26-2/h5-6,8-12,24H,3-4,7H2,1-2H3. The number of nitrogens with zero attached hydrogens (tertiary/aromatic N) is 1. The van der Waals surface area contributed by atoms with Crippen LogP contribution in [0.5, 0.6) is 23.0 Å². The number of hydrogen-bond acceptors (Lipinski definition) is 6. The summed E-state index contributed by atoms with van der Waals surface area (Å²) < 4.78 is 29.4. The molecule has 0 fully saturated rings. The molecule has 0 saturated carbocycles. The molecule has 0 aliphatic heterocycles. The van der Waals surface area contributed by atoms with Crippen molar-refractivity contribution in [2.45, 2.75) is 19.8 Å². The second kappa shape index (κ2) is 8.56. The first-order valence-corrected chi connectivity index (χ1v) is 8.83. The molecule has 0 saturated heterocycles. The van der Waals surface area contributed by atoms with Crippen LogP contribution >= 0.6 is 0 Å². The molecule has 3 aromatic rings. The molecule has 0 spiro atoms. The molecule has 1 N–H and O–H groups in total. The number of rotatable bonds is 7. The van der Waals surface area contributed by atoms with Gasteiger partial charge in [0.25, 0.3) is 0 Å². The number of benzene rings is 2. The van der Waals surface area contributed by atoms with Gasteiger partial charge in [-0.2, -0.15) is 0 Å². The summed E-state index contributed by atoms with van der Waals surface area (Å²) in [6.45, 7) is 2.26. The molecular weight excluding hydrogens is 365 g/mol. The van der Waals surface area contributed by atoms with E-state index in [0.717, 1.165) is 12.8 Å². The average Bonchev–Trinajstić information content (AvgIpc) is 2.67. The Balaban J connectivity index is 1.85. The molecule has 3 rings (SSSR count). The number of pyridine rings is 1. The molecule has 2 aromatic carbocycles. The average molecular weight is 385 g/mol. The highest BCUT2D eigenvalue weighted by atomic mass is 19.1. The van der Waals surface area contributed by atoms with Gasteiger partial charge in [0.1, 0.15) is 23.1 Å². The molecule has 1 heterocycles. The smallest absolute Gasteiger partial charge is 0.360 e. The maximum absolute atomic E-state index is 13.6. The Labute approximate surface area is 161 Å². The molecule has 0 radical (unpaired) electrons. The van der Waals surface area contributed by atoms with E-state index in [1.807, 2.05) is 6.92 Å². The fourth-order valence-corrected chi connectivity index (χ4v) is 2.63. The van der Waals surface area contributed by atoms with E-state index < -0.39 is 11.8 Å². The molecule has 6 nitrogen and oxygen atoms in total. The molecule has 0 amide bonds. The molecule has 0 bridgehead atoms. The largest absolute Gasteiger partial charge is 0.505 e. The first-order chi connectivity index (χ1) is 13.5. The Bertz CT molecular complexity index is 1010. The summed E-state index contributed by atoms with van der Waals surface area (Å²) in [5, 5.41) is 11.4. The van der Waals surface area contributed by atoms with Gasteiger partial charge in [-0.05, 0) is 24.6 Å². The van der Waals surface area contributed by atoms with Crippen molar-refractivity contribution in [3.63, 3.8) is 0 Å². The van der Waals surface area contributed by atoms with Crippen LogP contribution in [0.4, 0.5) is 4.39 Å². The summed E-state index contributed by atoms with van der Waals surface area (Å²) in [7, 11) is 1.44. The Hall–Kier alpha value is -3.35. The monoisotopic (exact) mass is 385 g/mol. The van der Waals surface area contributed by atoms with Crippen LogP contribution in [0.3, 0.4) is 0 Å². The summed E-state index contributed by atoms with van der Waals surface area (Å²) in [6.07, 6.45) is 3.08. The number of carbonyl (C=O) groups excluding carboxylic acids is 1. The summed E-state index contributed by atoms with van der Waals surface area (Å²) in [5.41, 5.74) is -0.132. The van der Waals surface area contributed by atoms with Gasteiger partial charge in [-0.3, -0.25) is 0 Å². The van der Waals surface area contributed by atoms with Crippen molar-refractivity contribution >= 4 is 16.7 Å². The molecule has 146 valence electrons. The first kappa shape index (κ1) is 19.4. The molecule has 7 heteroatoms. The fraction of sp³-hybridized carbons (Fsp3) is 0.238. The van der Waals surface area contributed by atoms with Crippen LogP contribution in [-0.2, 0) is 4.74 Å². The van der Waals surface area contributed by atoms with E-state index in [9.17, 15) is 14.3 Å². The van der Waals surface area contributed by atoms with E-state index in [2.05, 4.69) is 4.98 Å². The highest BCUT2D eigenvalue weighted by Crippen LogP contribution is 2.33. The van der Waals surface area contributed by atoms with Crippen LogP contribution in [0.25, 0.3) is 10.8 Å². The molecule has 0 atom stereocenters. The van der Waals surface area contributed by atoms with E-state index in [4.69, 9.17) is 14.2 Å². The van der Waals surface area contributed by atoms with Gasteiger partial charge in [-0.1, -0.05) is 13.3 Å². The van der Waals surface area contributed by atoms with Crippen LogP contribution in [0.1, 0.15) is 30.3 Å². The van der Waals surface area contributed by atoms with Gasteiger partial charge in [0.15, 0.2) is 11.4 Å². The zero-order valence-corrected chi connectivity index (χ0v) is 15.6. The van der Waals surface area contributed by atoms with Gasteiger partial charge in [0, 0.05) is 35.2 Å². The normalized spacial score (nSPS) is 10.7. The predicted octanol–water partition coefficient (Wildman–Crippen LogP) is 4.84. The van der Waals surface area contributed by atoms with Crippen molar-refractivity contribution in [2.24, 2.45) is 0 Å². The molecule has 1 aromatic heterocycles. The van der Waals surface area contributed by atoms with Crippen LogP contribution < -0.4 is 9.47 Å². The third kappa shape index (κ3) is 4.31. The molecule has 0 aliphatic rings. The third-order valence-corrected chi connectivity index (χ3v) is 4.08. The van der Waals surface area contributed by atoms with Crippen molar-refractivity contribution in [3.8, 4) is 23.0 Å². The number of aromatic nitrogens is 1. The number of ether oxygens (including phenoxy) is 3. The van der Waals surface area contributed by atoms with Crippen LogP contribution in [0.15, 0.2) is 42.6 Å². The SMILES string of the molecule is CCCCOC(=O)c1ncc2cc(Oc3cc(F)cc(OC)c3)ccc2c1O. The third-order valence-electron chi connectivity index (χ3n) is 4.08. The molecule has 0 aliphatic carbocycles. The number of unbranched alkanes of at least 4 members (excludes halogenated alkanes) is 1. The van der Waals surface area contributed by atoms with Crippen LogP contribution in [0.2, 0.25) is 0 Å². The van der Waals surface area contributed by atoms with Crippen LogP contribution in [0, 0.1) is 5.82 Å². The summed E-state index contributed by atoms with van der Waals surface area (Å²) in [4.78, 5) is 16.1. The van der Waals surface area contributed by atoms with Gasteiger partial charge in [-0.25, -0.2) is 14.2 Å². The van der Waals surface area contributed by atoms with E-state index in [1.54, 1.807) is 24.3 Å². The Morgan fingerprint density at radius 3 is 2.68 bits per heavy atom. The van der Waals surface area contributed by atoms with E-state index in [0.29, 0.717) is 22.3 Å². The quantitative estimate of drug-likeness (QED) is 0.463. The van der Waals surface area contributed by atoms with Gasteiger partial charge < -0.3 is 19.3 Å². The number of aromatic hydroxyl groups is 1. The zero-order chi connectivity index (χ0) is 20.1. The van der Waals surface area contributed by atoms with Crippen molar-refractivity contribution in [3.05, 3.63) is 54.1 Å². The number of fused-ring (bicyclic) bond motifs is 1. The van der Waals surface area contributed by atoms with Gasteiger partial charge in [-0.15, -0.1) is 0 Å². The van der Waals surface area contributed by atoms with Crippen molar-refractivity contribution < 1.29 is 28.5 Å². The Morgan fingerprint density at radius 2 is 1.93 bits per heavy atom. The Morgan fingerprint density at radius 1 is 1.14 bits per heavy atom. The van der Waals surface area contributed by atoms with Gasteiger partial charge >= 0.3 is 5.97 Å². The second-order valence-electron chi connectivity index (χ2n) is 6.12. The van der Waals surface area contributed by atoms with Crippen LogP contribution in [-0.4, -0.2) is 29.8 Å². The first-order valence-electron chi connectivity index (χ1n) is 8.83. The molecule has 0 unspecified atom stereocenters. The predicted molar refractivity (Wildman–Crippen MR) is 102 cm³/mol. The maximum atomic E-state index is 13.6. The summed E-state index contributed by atoms with van der Waals surface area (Å²) in [6, 6.07) is 8.87. The molecule has 28 heavy (non-hydrogen) atoms. The lowest BCUT2D eigenvalue weighted by molar-refractivity contribution is 0.0489. The minimum absolute atomic E-state index is 0.132. The van der Waals surface area contributed by atoms with E-state index in [1.165, 1.54) is 25.4 Å². The summed E-state index contributed by atoms with van der Waals surface area (Å²) in [5.74, 6) is -0.385. The van der Waals surface area contributed by atoms with E-state index in [-0.39, 0.29) is 23.8 Å². The maximum Gasteiger partial charge on any atom is 0.360 e. The minimum atomic E-state index is -0.667.